The van der Waals surface area contributed by atoms with Crippen molar-refractivity contribution in [1.29, 1.82) is 0 Å². The third kappa shape index (κ3) is 5.61. The normalized spacial score (nSPS) is 9.27. The van der Waals surface area contributed by atoms with E-state index in [2.05, 4.69) is 6.58 Å². The summed E-state index contributed by atoms with van der Waals surface area (Å²) in [4.78, 5) is 10.7. The van der Waals surface area contributed by atoms with E-state index in [0.717, 1.165) is 6.42 Å². The summed E-state index contributed by atoms with van der Waals surface area (Å²) in [6, 6.07) is 0. The average molecular weight is 158 g/mol. The van der Waals surface area contributed by atoms with E-state index in [1.807, 2.05) is 0 Å². The Bertz CT molecular complexity index is 140. The zero-order chi connectivity index (χ0) is 8.69. The number of hydrogen-bond acceptors (Lipinski definition) is 3. The predicted molar refractivity (Wildman–Crippen MR) is 42.3 cm³/mol. The van der Waals surface area contributed by atoms with Crippen LogP contribution in [0.3, 0.4) is 0 Å². The lowest BCUT2D eigenvalue weighted by Gasteiger charge is -2.02. The van der Waals surface area contributed by atoms with Crippen LogP contribution in [0.5, 0.6) is 0 Å². The summed E-state index contributed by atoms with van der Waals surface area (Å²) >= 11 is 0. The first-order chi connectivity index (χ1) is 5.18. The van der Waals surface area contributed by atoms with Crippen LogP contribution in [0.1, 0.15) is 13.3 Å². The Morgan fingerprint density at radius 3 is 2.55 bits per heavy atom. The molecule has 0 aromatic heterocycles. The molecule has 0 atom stereocenters. The summed E-state index contributed by atoms with van der Waals surface area (Å²) in [6.45, 7) is 6.09. The van der Waals surface area contributed by atoms with Gasteiger partial charge in [0, 0.05) is 25.7 Å². The molecule has 0 radical (unpaired) electrons. The van der Waals surface area contributed by atoms with Crippen LogP contribution in [0.25, 0.3) is 0 Å². The molecule has 0 aliphatic carbocycles. The Hall–Kier alpha value is -0.830. The largest absolute Gasteiger partial charge is 0.462 e. The van der Waals surface area contributed by atoms with E-state index < -0.39 is 0 Å². The fourth-order valence-corrected chi connectivity index (χ4v) is 0.491. The van der Waals surface area contributed by atoms with Gasteiger partial charge < -0.3 is 9.47 Å². The Kier molecular flexibility index (Phi) is 5.47. The number of carbonyl (C=O) groups excluding carboxylic acids is 1. The highest BCUT2D eigenvalue weighted by atomic mass is 16.5. The van der Waals surface area contributed by atoms with Crippen LogP contribution in [-0.4, -0.2) is 26.3 Å². The standard InChI is InChI=1S/C8H14O3/c1-7(2)8(9)11-6-4-5-10-3/h1,4-6H2,2-3H3. The lowest BCUT2D eigenvalue weighted by Crippen LogP contribution is -2.07. The van der Waals surface area contributed by atoms with Gasteiger partial charge in [-0.15, -0.1) is 0 Å². The first-order valence-electron chi connectivity index (χ1n) is 3.50. The third-order valence-electron chi connectivity index (χ3n) is 1.07. The number of carbonyl (C=O) groups is 1. The monoisotopic (exact) mass is 158 g/mol. The molecule has 0 aliphatic heterocycles. The molecule has 0 aromatic carbocycles. The van der Waals surface area contributed by atoms with Gasteiger partial charge in [0.1, 0.15) is 0 Å². The van der Waals surface area contributed by atoms with Gasteiger partial charge in [-0.1, -0.05) is 6.58 Å². The van der Waals surface area contributed by atoms with Crippen molar-refractivity contribution in [3.8, 4) is 0 Å². The van der Waals surface area contributed by atoms with Gasteiger partial charge in [0.15, 0.2) is 0 Å². The van der Waals surface area contributed by atoms with E-state index in [1.165, 1.54) is 0 Å². The smallest absolute Gasteiger partial charge is 0.333 e. The predicted octanol–water partition coefficient (Wildman–Crippen LogP) is 1.14. The van der Waals surface area contributed by atoms with Crippen LogP contribution < -0.4 is 0 Å². The van der Waals surface area contributed by atoms with Crippen molar-refractivity contribution in [1.82, 2.24) is 0 Å². The minimum Gasteiger partial charge on any atom is -0.462 e. The summed E-state index contributed by atoms with van der Waals surface area (Å²) in [5.74, 6) is -0.332. The minimum atomic E-state index is -0.332. The van der Waals surface area contributed by atoms with E-state index >= 15 is 0 Å². The molecule has 3 heteroatoms. The Labute approximate surface area is 67.0 Å². The molecular weight excluding hydrogens is 144 g/mol. The molecule has 0 bridgehead atoms. The van der Waals surface area contributed by atoms with Crippen LogP contribution in [-0.2, 0) is 14.3 Å². The number of hydrogen-bond donors (Lipinski definition) is 0. The fraction of sp³-hybridized carbons (Fsp3) is 0.625. The molecule has 0 aromatic rings. The van der Waals surface area contributed by atoms with Crippen molar-refractivity contribution in [2.24, 2.45) is 0 Å². The average Bonchev–Trinajstić information content (AvgIpc) is 1.97. The summed E-state index contributed by atoms with van der Waals surface area (Å²) in [7, 11) is 1.61. The summed E-state index contributed by atoms with van der Waals surface area (Å²) < 4.78 is 9.56. The highest BCUT2D eigenvalue weighted by molar-refractivity contribution is 5.86. The van der Waals surface area contributed by atoms with Crippen molar-refractivity contribution in [3.63, 3.8) is 0 Å². The number of methoxy groups -OCH3 is 1. The Morgan fingerprint density at radius 2 is 2.09 bits per heavy atom. The van der Waals surface area contributed by atoms with Crippen molar-refractivity contribution >= 4 is 5.97 Å². The second kappa shape index (κ2) is 5.92. The molecule has 0 fully saturated rings. The Balaban J connectivity index is 3.25. The SMILES string of the molecule is C=C(C)C(=O)OCCCOC. The van der Waals surface area contributed by atoms with Crippen molar-refractivity contribution in [2.75, 3.05) is 20.3 Å². The van der Waals surface area contributed by atoms with Gasteiger partial charge in [-0.3, -0.25) is 0 Å². The minimum absolute atomic E-state index is 0.332. The van der Waals surface area contributed by atoms with Crippen molar-refractivity contribution < 1.29 is 14.3 Å². The van der Waals surface area contributed by atoms with Crippen molar-refractivity contribution in [2.45, 2.75) is 13.3 Å². The summed E-state index contributed by atoms with van der Waals surface area (Å²) in [5.41, 5.74) is 0.433. The molecule has 0 heterocycles. The van der Waals surface area contributed by atoms with Crippen LogP contribution in [0, 0.1) is 0 Å². The molecule has 0 amide bonds. The lowest BCUT2D eigenvalue weighted by atomic mass is 10.4. The maximum absolute atomic E-state index is 10.7. The molecule has 64 valence electrons. The maximum Gasteiger partial charge on any atom is 0.333 e. The molecule has 3 nitrogen and oxygen atoms in total. The molecule has 0 saturated carbocycles. The molecule has 11 heavy (non-hydrogen) atoms. The summed E-state index contributed by atoms with van der Waals surface area (Å²) in [5, 5.41) is 0. The van der Waals surface area contributed by atoms with E-state index in [4.69, 9.17) is 9.47 Å². The number of rotatable bonds is 5. The Morgan fingerprint density at radius 1 is 1.45 bits per heavy atom. The molecular formula is C8H14O3. The zero-order valence-electron chi connectivity index (χ0n) is 7.05. The van der Waals surface area contributed by atoms with Gasteiger partial charge in [-0.25, -0.2) is 4.79 Å². The third-order valence-corrected chi connectivity index (χ3v) is 1.07. The van der Waals surface area contributed by atoms with Crippen LogP contribution >= 0.6 is 0 Å². The van der Waals surface area contributed by atoms with Gasteiger partial charge in [0.2, 0.25) is 0 Å². The maximum atomic E-state index is 10.7. The van der Waals surface area contributed by atoms with Gasteiger partial charge in [-0.2, -0.15) is 0 Å². The molecule has 0 saturated heterocycles. The second-order valence-corrected chi connectivity index (χ2v) is 2.26. The molecule has 0 rings (SSSR count). The van der Waals surface area contributed by atoms with Crippen LogP contribution in [0.4, 0.5) is 0 Å². The second-order valence-electron chi connectivity index (χ2n) is 2.26. The lowest BCUT2D eigenvalue weighted by molar-refractivity contribution is -0.139. The van der Waals surface area contributed by atoms with E-state index in [1.54, 1.807) is 14.0 Å². The summed E-state index contributed by atoms with van der Waals surface area (Å²) in [6.07, 6.45) is 0.732. The first kappa shape index (κ1) is 10.2. The van der Waals surface area contributed by atoms with Gasteiger partial charge in [0.25, 0.3) is 0 Å². The molecule has 0 N–H and O–H groups in total. The quantitative estimate of drug-likeness (QED) is 0.342. The van der Waals surface area contributed by atoms with Gasteiger partial charge in [0.05, 0.1) is 6.61 Å². The van der Waals surface area contributed by atoms with Gasteiger partial charge >= 0.3 is 5.97 Å². The van der Waals surface area contributed by atoms with E-state index in [-0.39, 0.29) is 5.97 Å². The number of esters is 1. The topological polar surface area (TPSA) is 35.5 Å². The fourth-order valence-electron chi connectivity index (χ4n) is 0.491. The molecule has 0 spiro atoms. The highest BCUT2D eigenvalue weighted by Crippen LogP contribution is 1.92. The highest BCUT2D eigenvalue weighted by Gasteiger charge is 2.00. The van der Waals surface area contributed by atoms with E-state index in [9.17, 15) is 4.79 Å². The van der Waals surface area contributed by atoms with Crippen LogP contribution in [0.2, 0.25) is 0 Å². The first-order valence-corrected chi connectivity index (χ1v) is 3.50. The zero-order valence-corrected chi connectivity index (χ0v) is 7.05. The van der Waals surface area contributed by atoms with Crippen LogP contribution in [0.15, 0.2) is 12.2 Å². The van der Waals surface area contributed by atoms with Crippen molar-refractivity contribution in [3.05, 3.63) is 12.2 Å². The number of ether oxygens (including phenoxy) is 2. The van der Waals surface area contributed by atoms with E-state index in [0.29, 0.717) is 18.8 Å². The molecule has 0 unspecified atom stereocenters. The van der Waals surface area contributed by atoms with Gasteiger partial charge in [-0.05, 0) is 6.92 Å². The molecule has 0 aliphatic rings.